The minimum absolute atomic E-state index is 0.0274. The largest absolute Gasteiger partial charge is 0.465 e. The lowest BCUT2D eigenvalue weighted by Crippen LogP contribution is -2.34. The van der Waals surface area contributed by atoms with E-state index in [1.54, 1.807) is 18.9 Å². The maximum Gasteiger partial charge on any atom is 0.320 e. The van der Waals surface area contributed by atoms with Gasteiger partial charge < -0.3 is 15.8 Å². The third-order valence-electron chi connectivity index (χ3n) is 3.79. The van der Waals surface area contributed by atoms with Gasteiger partial charge >= 0.3 is 5.97 Å². The number of rotatable bonds is 7. The Morgan fingerprint density at radius 3 is 2.62 bits per heavy atom. The Balaban J connectivity index is 2.02. The molecule has 0 unspecified atom stereocenters. The zero-order valence-electron chi connectivity index (χ0n) is 14.0. The summed E-state index contributed by atoms with van der Waals surface area (Å²) < 4.78 is 4.85. The van der Waals surface area contributed by atoms with Crippen molar-refractivity contribution in [2.24, 2.45) is 5.73 Å². The van der Waals surface area contributed by atoms with Crippen LogP contribution in [0.4, 0.5) is 5.00 Å². The van der Waals surface area contributed by atoms with Gasteiger partial charge in [-0.25, -0.2) is 0 Å². The molecule has 0 saturated carbocycles. The number of primary amides is 1. The van der Waals surface area contributed by atoms with E-state index < -0.39 is 5.91 Å². The summed E-state index contributed by atoms with van der Waals surface area (Å²) in [4.78, 5) is 38.1. The van der Waals surface area contributed by atoms with Crippen LogP contribution >= 0.6 is 11.3 Å². The first-order valence-corrected chi connectivity index (χ1v) is 8.82. The minimum Gasteiger partial charge on any atom is -0.465 e. The smallest absolute Gasteiger partial charge is 0.320 e. The highest BCUT2D eigenvalue weighted by Crippen LogP contribution is 2.37. The average molecular weight is 353 g/mol. The van der Waals surface area contributed by atoms with Gasteiger partial charge in [0.2, 0.25) is 5.91 Å². The molecule has 2 rings (SSSR count). The fourth-order valence-corrected chi connectivity index (χ4v) is 4.12. The zero-order valence-corrected chi connectivity index (χ0v) is 14.8. The lowest BCUT2D eigenvalue weighted by molar-refractivity contribution is -0.144. The lowest BCUT2D eigenvalue weighted by atomic mass is 9.95. The number of aryl methyl sites for hydroxylation is 1. The molecule has 1 aliphatic carbocycles. The maximum atomic E-state index is 12.2. The number of hydrogen-bond acceptors (Lipinski definition) is 6. The van der Waals surface area contributed by atoms with Crippen molar-refractivity contribution in [3.63, 3.8) is 0 Å². The highest BCUT2D eigenvalue weighted by molar-refractivity contribution is 7.17. The van der Waals surface area contributed by atoms with E-state index in [1.165, 1.54) is 11.3 Å². The molecule has 1 aromatic heterocycles. The molecular weight excluding hydrogens is 330 g/mol. The number of nitrogens with one attached hydrogen (secondary N) is 1. The van der Waals surface area contributed by atoms with E-state index in [2.05, 4.69) is 5.32 Å². The van der Waals surface area contributed by atoms with Crippen LogP contribution in [0.25, 0.3) is 0 Å². The summed E-state index contributed by atoms with van der Waals surface area (Å²) >= 11 is 1.42. The Bertz CT molecular complexity index is 642. The van der Waals surface area contributed by atoms with Gasteiger partial charge in [-0.1, -0.05) is 0 Å². The number of thiophene rings is 1. The third kappa shape index (κ3) is 4.55. The van der Waals surface area contributed by atoms with Crippen LogP contribution in [0.5, 0.6) is 0 Å². The molecule has 2 amide bonds. The van der Waals surface area contributed by atoms with Gasteiger partial charge in [0.05, 0.1) is 25.3 Å². The molecule has 0 saturated heterocycles. The topological polar surface area (TPSA) is 102 Å². The van der Waals surface area contributed by atoms with Gasteiger partial charge in [-0.05, 0) is 45.2 Å². The van der Waals surface area contributed by atoms with E-state index in [0.29, 0.717) is 17.2 Å². The molecule has 0 aromatic carbocycles. The monoisotopic (exact) mass is 353 g/mol. The van der Waals surface area contributed by atoms with Crippen LogP contribution in [0.15, 0.2) is 0 Å². The molecule has 0 aliphatic heterocycles. The SMILES string of the molecule is CCOC(=O)CN(C)CC(=O)Nc1sc2c(c1C(N)=O)CCCC2. The van der Waals surface area contributed by atoms with Crippen molar-refractivity contribution in [2.75, 3.05) is 32.1 Å². The molecule has 0 bridgehead atoms. The maximum absolute atomic E-state index is 12.2. The number of carbonyl (C=O) groups excluding carboxylic acids is 3. The molecule has 1 aliphatic rings. The molecule has 7 nitrogen and oxygen atoms in total. The number of esters is 1. The minimum atomic E-state index is -0.510. The highest BCUT2D eigenvalue weighted by Gasteiger charge is 2.25. The number of carbonyl (C=O) groups is 3. The van der Waals surface area contributed by atoms with E-state index in [1.807, 2.05) is 0 Å². The van der Waals surface area contributed by atoms with Gasteiger partial charge in [-0.2, -0.15) is 0 Å². The predicted octanol–water partition coefficient (Wildman–Crippen LogP) is 1.16. The summed E-state index contributed by atoms with van der Waals surface area (Å²) in [5.41, 5.74) is 6.93. The second kappa shape index (κ2) is 8.25. The van der Waals surface area contributed by atoms with Crippen LogP contribution in [0.3, 0.4) is 0 Å². The van der Waals surface area contributed by atoms with E-state index in [4.69, 9.17) is 10.5 Å². The van der Waals surface area contributed by atoms with E-state index in [0.717, 1.165) is 36.1 Å². The van der Waals surface area contributed by atoms with Gasteiger partial charge in [-0.15, -0.1) is 11.3 Å². The van der Waals surface area contributed by atoms with E-state index >= 15 is 0 Å². The second-order valence-corrected chi connectivity index (χ2v) is 6.91. The van der Waals surface area contributed by atoms with Crippen LogP contribution in [0.1, 0.15) is 40.6 Å². The highest BCUT2D eigenvalue weighted by atomic mass is 32.1. The summed E-state index contributed by atoms with van der Waals surface area (Å²) in [6.45, 7) is 2.10. The number of anilines is 1. The molecule has 1 aromatic rings. The molecule has 3 N–H and O–H groups in total. The van der Waals surface area contributed by atoms with Crippen LogP contribution in [0.2, 0.25) is 0 Å². The Morgan fingerprint density at radius 1 is 1.25 bits per heavy atom. The number of amides is 2. The Hall–Kier alpha value is -1.93. The fourth-order valence-electron chi connectivity index (χ4n) is 2.81. The van der Waals surface area contributed by atoms with Crippen molar-refractivity contribution < 1.29 is 19.1 Å². The number of likely N-dealkylation sites (N-methyl/N-ethyl adjacent to an activating group) is 1. The molecule has 0 radical (unpaired) electrons. The average Bonchev–Trinajstić information content (AvgIpc) is 2.84. The van der Waals surface area contributed by atoms with Crippen molar-refractivity contribution >= 4 is 34.1 Å². The Kier molecular flexibility index (Phi) is 6.33. The quantitative estimate of drug-likeness (QED) is 0.716. The fraction of sp³-hybridized carbons (Fsp3) is 0.562. The number of hydrogen-bond donors (Lipinski definition) is 2. The third-order valence-corrected chi connectivity index (χ3v) is 5.00. The second-order valence-electron chi connectivity index (χ2n) is 5.80. The van der Waals surface area contributed by atoms with Gasteiger partial charge in [0.15, 0.2) is 0 Å². The molecule has 132 valence electrons. The van der Waals surface area contributed by atoms with E-state index in [-0.39, 0.29) is 25.0 Å². The summed E-state index contributed by atoms with van der Waals surface area (Å²) in [6, 6.07) is 0. The van der Waals surface area contributed by atoms with Crippen LogP contribution in [-0.2, 0) is 27.2 Å². The van der Waals surface area contributed by atoms with Gasteiger partial charge in [-0.3, -0.25) is 19.3 Å². The van der Waals surface area contributed by atoms with Crippen molar-refractivity contribution in [1.29, 1.82) is 0 Å². The standard InChI is InChI=1S/C16H23N3O4S/c1-3-23-13(21)9-19(2)8-12(20)18-16-14(15(17)22)10-6-4-5-7-11(10)24-16/h3-9H2,1-2H3,(H2,17,22)(H,18,20). The molecule has 0 spiro atoms. The van der Waals surface area contributed by atoms with E-state index in [9.17, 15) is 14.4 Å². The molecule has 1 heterocycles. The van der Waals surface area contributed by atoms with Crippen molar-refractivity contribution in [3.8, 4) is 0 Å². The summed E-state index contributed by atoms with van der Waals surface area (Å²) in [5, 5.41) is 3.29. The first-order valence-electron chi connectivity index (χ1n) is 8.00. The molecule has 24 heavy (non-hydrogen) atoms. The Morgan fingerprint density at radius 2 is 1.96 bits per heavy atom. The van der Waals surface area contributed by atoms with Crippen LogP contribution in [-0.4, -0.2) is 49.4 Å². The van der Waals surface area contributed by atoms with Crippen LogP contribution in [0, 0.1) is 0 Å². The number of fused-ring (bicyclic) bond motifs is 1. The molecule has 0 fully saturated rings. The zero-order chi connectivity index (χ0) is 17.7. The first-order chi connectivity index (χ1) is 11.4. The predicted molar refractivity (Wildman–Crippen MR) is 92.2 cm³/mol. The van der Waals surface area contributed by atoms with Crippen molar-refractivity contribution in [1.82, 2.24) is 4.90 Å². The summed E-state index contributed by atoms with van der Waals surface area (Å²) in [6.07, 6.45) is 3.85. The summed E-state index contributed by atoms with van der Waals surface area (Å²) in [7, 11) is 1.66. The van der Waals surface area contributed by atoms with Crippen LogP contribution < -0.4 is 11.1 Å². The first kappa shape index (κ1) is 18.4. The van der Waals surface area contributed by atoms with Gasteiger partial charge in [0.1, 0.15) is 5.00 Å². The van der Waals surface area contributed by atoms with Gasteiger partial charge in [0, 0.05) is 4.88 Å². The molecule has 0 atom stereocenters. The lowest BCUT2D eigenvalue weighted by Gasteiger charge is -2.15. The number of nitrogens with two attached hydrogens (primary N) is 1. The van der Waals surface area contributed by atoms with Gasteiger partial charge in [0.25, 0.3) is 5.91 Å². The summed E-state index contributed by atoms with van der Waals surface area (Å²) in [5.74, 6) is -1.18. The van der Waals surface area contributed by atoms with Crippen molar-refractivity contribution in [2.45, 2.75) is 32.6 Å². The molecule has 8 heteroatoms. The normalized spacial score (nSPS) is 13.5. The number of nitrogens with zero attached hydrogens (tertiary/aromatic N) is 1. The molecular formula is C16H23N3O4S. The number of ether oxygens (including phenoxy) is 1. The van der Waals surface area contributed by atoms with Crippen molar-refractivity contribution in [3.05, 3.63) is 16.0 Å². The Labute approximate surface area is 145 Å².